The molecule has 2 aromatic carbocycles. The van der Waals surface area contributed by atoms with Gasteiger partial charge in [-0.3, -0.25) is 9.59 Å². The Balaban J connectivity index is 2.03. The molecule has 0 aliphatic rings. The van der Waals surface area contributed by atoms with Crippen molar-refractivity contribution in [1.82, 2.24) is 4.98 Å². The predicted octanol–water partition coefficient (Wildman–Crippen LogP) is 3.46. The summed E-state index contributed by atoms with van der Waals surface area (Å²) in [5, 5.41) is 3.35. The van der Waals surface area contributed by atoms with Crippen LogP contribution in [-0.2, 0) is 0 Å². The van der Waals surface area contributed by atoms with Crippen molar-refractivity contribution in [3.8, 4) is 17.2 Å². The van der Waals surface area contributed by atoms with Crippen LogP contribution in [0.4, 0.5) is 5.69 Å². The number of hydrogen-bond donors (Lipinski definition) is 2. The van der Waals surface area contributed by atoms with Crippen LogP contribution in [0.3, 0.4) is 0 Å². The van der Waals surface area contributed by atoms with Crippen LogP contribution in [0.5, 0.6) is 17.2 Å². The maximum atomic E-state index is 12.7. The zero-order chi connectivity index (χ0) is 19.6. The lowest BCUT2D eigenvalue weighted by atomic mass is 10.1. The van der Waals surface area contributed by atoms with E-state index in [1.807, 2.05) is 0 Å². The number of aromatic nitrogens is 1. The molecule has 3 rings (SSSR count). The Kier molecular flexibility index (Phi) is 5.23. The highest BCUT2D eigenvalue weighted by Crippen LogP contribution is 2.36. The first-order chi connectivity index (χ1) is 13.0. The molecule has 0 aliphatic heterocycles. The molecule has 0 saturated heterocycles. The molecule has 7 nitrogen and oxygen atoms in total. The number of para-hydroxylation sites is 1. The van der Waals surface area contributed by atoms with Crippen LogP contribution >= 0.6 is 11.6 Å². The summed E-state index contributed by atoms with van der Waals surface area (Å²) in [6.45, 7) is 0. The second-order valence-corrected chi connectivity index (χ2v) is 5.96. The van der Waals surface area contributed by atoms with Gasteiger partial charge in [-0.1, -0.05) is 17.7 Å². The fourth-order valence-corrected chi connectivity index (χ4v) is 2.94. The maximum Gasteiger partial charge on any atom is 0.261 e. The number of H-pyrrole nitrogens is 1. The lowest BCUT2D eigenvalue weighted by molar-refractivity contribution is 0.102. The minimum Gasteiger partial charge on any atom is -0.495 e. The molecule has 0 saturated carbocycles. The van der Waals surface area contributed by atoms with Gasteiger partial charge in [-0.15, -0.1) is 0 Å². The zero-order valence-corrected chi connectivity index (χ0v) is 15.6. The van der Waals surface area contributed by atoms with Crippen molar-refractivity contribution in [2.45, 2.75) is 0 Å². The summed E-state index contributed by atoms with van der Waals surface area (Å²) in [7, 11) is 4.41. The van der Waals surface area contributed by atoms with Crippen molar-refractivity contribution in [2.75, 3.05) is 26.6 Å². The van der Waals surface area contributed by atoms with Gasteiger partial charge in [-0.2, -0.15) is 0 Å². The van der Waals surface area contributed by atoms with E-state index in [1.165, 1.54) is 39.7 Å². The average Bonchev–Trinajstić information content (AvgIpc) is 2.68. The van der Waals surface area contributed by atoms with Gasteiger partial charge in [-0.05, 0) is 12.1 Å². The molecule has 27 heavy (non-hydrogen) atoms. The number of rotatable bonds is 5. The number of fused-ring (bicyclic) bond motifs is 1. The largest absolute Gasteiger partial charge is 0.495 e. The van der Waals surface area contributed by atoms with E-state index in [0.29, 0.717) is 38.9 Å². The van der Waals surface area contributed by atoms with Gasteiger partial charge in [0, 0.05) is 18.3 Å². The van der Waals surface area contributed by atoms with Gasteiger partial charge in [0.15, 0.2) is 0 Å². The van der Waals surface area contributed by atoms with Crippen LogP contribution < -0.4 is 25.0 Å². The Labute approximate surface area is 159 Å². The van der Waals surface area contributed by atoms with Crippen LogP contribution in [-0.4, -0.2) is 32.2 Å². The highest BCUT2D eigenvalue weighted by molar-refractivity contribution is 6.32. The van der Waals surface area contributed by atoms with E-state index in [0.717, 1.165) is 0 Å². The molecule has 0 bridgehead atoms. The van der Waals surface area contributed by atoms with Crippen LogP contribution in [0.15, 0.2) is 41.3 Å². The van der Waals surface area contributed by atoms with Crippen LogP contribution in [0.25, 0.3) is 10.9 Å². The van der Waals surface area contributed by atoms with E-state index >= 15 is 0 Å². The standard InChI is InChI=1S/C19H17ClN2O5/c1-25-14-6-4-5-10-17(14)21-9-11(18(10)23)19(24)22-13-8-15(26-2)12(20)7-16(13)27-3/h4-9H,1-3H3,(H,21,23)(H,22,24). The molecular weight excluding hydrogens is 372 g/mol. The third-order valence-corrected chi connectivity index (χ3v) is 4.36. The molecule has 1 heterocycles. The fraction of sp³-hybridized carbons (Fsp3) is 0.158. The number of nitrogens with one attached hydrogen (secondary N) is 2. The Morgan fingerprint density at radius 1 is 1.04 bits per heavy atom. The molecule has 1 amide bonds. The first-order valence-corrected chi connectivity index (χ1v) is 8.29. The van der Waals surface area contributed by atoms with E-state index in [4.69, 9.17) is 25.8 Å². The summed E-state index contributed by atoms with van der Waals surface area (Å²) in [6.07, 6.45) is 1.35. The molecule has 0 fully saturated rings. The maximum absolute atomic E-state index is 12.7. The molecule has 8 heteroatoms. The fourth-order valence-electron chi connectivity index (χ4n) is 2.71. The smallest absolute Gasteiger partial charge is 0.261 e. The lowest BCUT2D eigenvalue weighted by Gasteiger charge is -2.13. The van der Waals surface area contributed by atoms with Gasteiger partial charge < -0.3 is 24.5 Å². The molecule has 0 atom stereocenters. The monoisotopic (exact) mass is 388 g/mol. The average molecular weight is 389 g/mol. The number of aromatic amines is 1. The van der Waals surface area contributed by atoms with Gasteiger partial charge in [0.25, 0.3) is 5.91 Å². The second-order valence-electron chi connectivity index (χ2n) is 5.56. The van der Waals surface area contributed by atoms with Gasteiger partial charge in [0.2, 0.25) is 5.43 Å². The second kappa shape index (κ2) is 7.59. The number of hydrogen-bond acceptors (Lipinski definition) is 5. The Hall–Kier alpha value is -3.19. The molecule has 1 aromatic heterocycles. The highest BCUT2D eigenvalue weighted by atomic mass is 35.5. The summed E-state index contributed by atoms with van der Waals surface area (Å²) >= 11 is 6.07. The van der Waals surface area contributed by atoms with E-state index in [1.54, 1.807) is 18.2 Å². The molecule has 0 radical (unpaired) electrons. The third kappa shape index (κ3) is 3.41. The van der Waals surface area contributed by atoms with E-state index in [-0.39, 0.29) is 5.56 Å². The van der Waals surface area contributed by atoms with Gasteiger partial charge in [0.1, 0.15) is 22.8 Å². The third-order valence-electron chi connectivity index (χ3n) is 4.06. The molecule has 0 aliphatic carbocycles. The normalized spacial score (nSPS) is 10.5. The predicted molar refractivity (Wildman–Crippen MR) is 104 cm³/mol. The van der Waals surface area contributed by atoms with Gasteiger partial charge >= 0.3 is 0 Å². The number of carbonyl (C=O) groups is 1. The summed E-state index contributed by atoms with van der Waals surface area (Å²) in [5.41, 5.74) is 0.382. The van der Waals surface area contributed by atoms with Crippen molar-refractivity contribution in [3.05, 3.63) is 57.3 Å². The molecule has 140 valence electrons. The Bertz CT molecular complexity index is 1080. The van der Waals surface area contributed by atoms with Crippen LogP contribution in [0.1, 0.15) is 10.4 Å². The molecule has 3 aromatic rings. The molecule has 0 spiro atoms. The summed E-state index contributed by atoms with van der Waals surface area (Å²) < 4.78 is 15.6. The number of pyridine rings is 1. The quantitative estimate of drug-likeness (QED) is 0.698. The van der Waals surface area contributed by atoms with E-state index in [2.05, 4.69) is 10.3 Å². The van der Waals surface area contributed by atoms with Gasteiger partial charge in [0.05, 0.1) is 42.9 Å². The minimum absolute atomic E-state index is 0.0493. The zero-order valence-electron chi connectivity index (χ0n) is 14.9. The highest BCUT2D eigenvalue weighted by Gasteiger charge is 2.18. The topological polar surface area (TPSA) is 89.6 Å². The van der Waals surface area contributed by atoms with Crippen molar-refractivity contribution in [3.63, 3.8) is 0 Å². The number of ether oxygens (including phenoxy) is 3. The van der Waals surface area contributed by atoms with E-state index < -0.39 is 11.3 Å². The molecule has 0 unspecified atom stereocenters. The van der Waals surface area contributed by atoms with Crippen LogP contribution in [0.2, 0.25) is 5.02 Å². The first kappa shape index (κ1) is 18.6. The molecular formula is C19H17ClN2O5. The SMILES string of the molecule is COc1cc(NC(=O)c2c[nH]c3c(OC)cccc3c2=O)c(OC)cc1Cl. The Morgan fingerprint density at radius 3 is 2.41 bits per heavy atom. The number of anilines is 1. The summed E-state index contributed by atoms with van der Waals surface area (Å²) in [6, 6.07) is 8.08. The van der Waals surface area contributed by atoms with Crippen molar-refractivity contribution in [1.29, 1.82) is 0 Å². The number of benzene rings is 2. The Morgan fingerprint density at radius 2 is 1.74 bits per heavy atom. The number of carbonyl (C=O) groups excluding carboxylic acids is 1. The lowest BCUT2D eigenvalue weighted by Crippen LogP contribution is -2.22. The van der Waals surface area contributed by atoms with Crippen LogP contribution in [0, 0.1) is 0 Å². The number of methoxy groups -OCH3 is 3. The number of amides is 1. The summed E-state index contributed by atoms with van der Waals surface area (Å²) in [5.74, 6) is 0.627. The van der Waals surface area contributed by atoms with Crippen molar-refractivity contribution >= 4 is 34.1 Å². The molecule has 2 N–H and O–H groups in total. The summed E-state index contributed by atoms with van der Waals surface area (Å²) in [4.78, 5) is 28.4. The minimum atomic E-state index is -0.594. The van der Waals surface area contributed by atoms with Gasteiger partial charge in [-0.25, -0.2) is 0 Å². The van der Waals surface area contributed by atoms with Crippen molar-refractivity contribution in [2.24, 2.45) is 0 Å². The number of halogens is 1. The van der Waals surface area contributed by atoms with E-state index in [9.17, 15) is 9.59 Å². The van der Waals surface area contributed by atoms with Crippen molar-refractivity contribution < 1.29 is 19.0 Å². The first-order valence-electron chi connectivity index (χ1n) is 7.91.